The van der Waals surface area contributed by atoms with Gasteiger partial charge in [0, 0.05) is 36.8 Å². The molecule has 0 bridgehead atoms. The number of aromatic nitrogens is 3. The number of carbonyl (C=O) groups is 1. The van der Waals surface area contributed by atoms with Crippen LogP contribution in [0.2, 0.25) is 0 Å². The van der Waals surface area contributed by atoms with Gasteiger partial charge in [0.15, 0.2) is 5.65 Å². The summed E-state index contributed by atoms with van der Waals surface area (Å²) in [4.78, 5) is 18.8. The third-order valence-electron chi connectivity index (χ3n) is 5.26. The Hall–Kier alpha value is -3.09. The third kappa shape index (κ3) is 4.25. The number of piperidine rings is 1. The van der Waals surface area contributed by atoms with E-state index in [9.17, 15) is 4.79 Å². The fraction of sp³-hybridized carbons (Fsp3) is 0.435. The molecule has 158 valence electrons. The van der Waals surface area contributed by atoms with Gasteiger partial charge in [-0.2, -0.15) is 5.10 Å². The number of hydrogen-bond acceptors (Lipinski definition) is 5. The highest BCUT2D eigenvalue weighted by Crippen LogP contribution is 2.29. The fourth-order valence-electron chi connectivity index (χ4n) is 3.84. The Morgan fingerprint density at radius 2 is 1.93 bits per heavy atom. The smallest absolute Gasteiger partial charge is 0.410 e. The molecule has 1 aliphatic heterocycles. The summed E-state index contributed by atoms with van der Waals surface area (Å²) >= 11 is 0. The Morgan fingerprint density at radius 3 is 2.63 bits per heavy atom. The van der Waals surface area contributed by atoms with Crippen molar-refractivity contribution in [1.29, 1.82) is 0 Å². The lowest BCUT2D eigenvalue weighted by atomic mass is 9.95. The molecule has 1 saturated heterocycles. The number of likely N-dealkylation sites (tertiary alicyclic amines) is 1. The summed E-state index contributed by atoms with van der Waals surface area (Å²) in [5.74, 6) is 0.992. The second-order valence-electron chi connectivity index (χ2n) is 8.66. The number of fused-ring (bicyclic) bond motifs is 1. The molecule has 7 heteroatoms. The van der Waals surface area contributed by atoms with Crippen molar-refractivity contribution in [2.45, 2.75) is 45.1 Å². The molecule has 1 fully saturated rings. The van der Waals surface area contributed by atoms with E-state index >= 15 is 0 Å². The van der Waals surface area contributed by atoms with Gasteiger partial charge in [-0.15, -0.1) is 0 Å². The zero-order valence-corrected chi connectivity index (χ0v) is 18.0. The van der Waals surface area contributed by atoms with Gasteiger partial charge in [0.25, 0.3) is 0 Å². The molecule has 1 amide bonds. The van der Waals surface area contributed by atoms with Crippen molar-refractivity contribution >= 4 is 11.7 Å². The molecule has 3 aromatic rings. The molecule has 0 aliphatic carbocycles. The van der Waals surface area contributed by atoms with Crippen molar-refractivity contribution in [1.82, 2.24) is 19.5 Å². The lowest BCUT2D eigenvalue weighted by molar-refractivity contribution is 0.0196. The number of ether oxygens (including phenoxy) is 2. The zero-order chi connectivity index (χ0) is 21.3. The summed E-state index contributed by atoms with van der Waals surface area (Å²) in [5, 5.41) is 4.82. The number of nitrogens with zero attached hydrogens (tertiary/aromatic N) is 4. The third-order valence-corrected chi connectivity index (χ3v) is 5.26. The molecule has 0 N–H and O–H groups in total. The van der Waals surface area contributed by atoms with Crippen LogP contribution in [0.1, 0.15) is 45.2 Å². The van der Waals surface area contributed by atoms with Crippen molar-refractivity contribution in [2.24, 2.45) is 0 Å². The first-order chi connectivity index (χ1) is 14.3. The Balaban J connectivity index is 1.60. The maximum atomic E-state index is 12.6. The van der Waals surface area contributed by atoms with Crippen LogP contribution in [0.3, 0.4) is 0 Å². The van der Waals surface area contributed by atoms with Gasteiger partial charge in [0.2, 0.25) is 0 Å². The van der Waals surface area contributed by atoms with Crippen LogP contribution < -0.4 is 4.74 Å². The van der Waals surface area contributed by atoms with Crippen molar-refractivity contribution in [3.8, 4) is 17.0 Å². The van der Waals surface area contributed by atoms with Crippen molar-refractivity contribution in [3.05, 3.63) is 48.3 Å². The van der Waals surface area contributed by atoms with Crippen molar-refractivity contribution in [3.63, 3.8) is 0 Å². The predicted molar refractivity (Wildman–Crippen MR) is 115 cm³/mol. The molecule has 1 aromatic carbocycles. The predicted octanol–water partition coefficient (Wildman–Crippen LogP) is 4.52. The minimum absolute atomic E-state index is 0.181. The van der Waals surface area contributed by atoms with Crippen LogP contribution in [-0.2, 0) is 4.74 Å². The summed E-state index contributed by atoms with van der Waals surface area (Å²) in [5.41, 5.74) is 3.23. The second kappa shape index (κ2) is 7.97. The standard InChI is InChI=1S/C23H28N4O3/c1-23(2,3)30-22(28)26-13-5-6-17(15-26)20-11-12-24-21-14-19(25-27(20)21)16-7-9-18(29-4)10-8-16/h7-12,14,17H,5-6,13,15H2,1-4H3. The molecule has 1 aliphatic rings. The van der Waals surface area contributed by atoms with Gasteiger partial charge < -0.3 is 14.4 Å². The van der Waals surface area contributed by atoms with E-state index in [1.807, 2.05) is 67.9 Å². The fourth-order valence-corrected chi connectivity index (χ4v) is 3.84. The molecular formula is C23H28N4O3. The highest BCUT2D eigenvalue weighted by molar-refractivity contribution is 5.68. The number of amides is 1. The summed E-state index contributed by atoms with van der Waals surface area (Å²) in [6.07, 6.45) is 3.49. The van der Waals surface area contributed by atoms with Crippen LogP contribution in [0.5, 0.6) is 5.75 Å². The molecule has 7 nitrogen and oxygen atoms in total. The summed E-state index contributed by atoms with van der Waals surface area (Å²) in [6, 6.07) is 11.8. The van der Waals surface area contributed by atoms with Crippen LogP contribution in [0, 0.1) is 0 Å². The van der Waals surface area contributed by atoms with Gasteiger partial charge in [0.1, 0.15) is 11.4 Å². The molecule has 4 rings (SSSR count). The van der Waals surface area contributed by atoms with Crippen molar-refractivity contribution in [2.75, 3.05) is 20.2 Å². The van der Waals surface area contributed by atoms with Gasteiger partial charge in [-0.25, -0.2) is 14.3 Å². The largest absolute Gasteiger partial charge is 0.497 e. The number of rotatable bonds is 3. The second-order valence-corrected chi connectivity index (χ2v) is 8.66. The van der Waals surface area contributed by atoms with Crippen molar-refractivity contribution < 1.29 is 14.3 Å². The Kier molecular flexibility index (Phi) is 5.37. The van der Waals surface area contributed by atoms with Gasteiger partial charge in [0.05, 0.1) is 18.5 Å². The molecule has 1 unspecified atom stereocenters. The molecule has 0 saturated carbocycles. The lowest BCUT2D eigenvalue weighted by Gasteiger charge is -2.34. The highest BCUT2D eigenvalue weighted by Gasteiger charge is 2.29. The zero-order valence-electron chi connectivity index (χ0n) is 18.0. The normalized spacial score (nSPS) is 17.2. The molecule has 30 heavy (non-hydrogen) atoms. The van der Waals surface area contributed by atoms with Crippen LogP contribution >= 0.6 is 0 Å². The SMILES string of the molecule is COc1ccc(-c2cc3nccc(C4CCCN(C(=O)OC(C)(C)C)C4)n3n2)cc1. The molecule has 0 spiro atoms. The highest BCUT2D eigenvalue weighted by atomic mass is 16.6. The summed E-state index contributed by atoms with van der Waals surface area (Å²) in [6.45, 7) is 7.01. The van der Waals surface area contributed by atoms with E-state index < -0.39 is 5.60 Å². The molecular weight excluding hydrogens is 380 g/mol. The summed E-state index contributed by atoms with van der Waals surface area (Å²) < 4.78 is 12.7. The van der Waals surface area contributed by atoms with E-state index in [2.05, 4.69) is 4.98 Å². The van der Waals surface area contributed by atoms with Gasteiger partial charge in [-0.3, -0.25) is 0 Å². The minimum Gasteiger partial charge on any atom is -0.497 e. The monoisotopic (exact) mass is 408 g/mol. The maximum Gasteiger partial charge on any atom is 0.410 e. The van der Waals surface area contributed by atoms with E-state index in [0.29, 0.717) is 6.54 Å². The molecule has 3 heterocycles. The number of methoxy groups -OCH3 is 1. The van der Waals surface area contributed by atoms with Gasteiger partial charge in [-0.1, -0.05) is 0 Å². The summed E-state index contributed by atoms with van der Waals surface area (Å²) in [7, 11) is 1.65. The average molecular weight is 409 g/mol. The minimum atomic E-state index is -0.497. The van der Waals surface area contributed by atoms with Gasteiger partial charge in [-0.05, 0) is 63.9 Å². The first-order valence-electron chi connectivity index (χ1n) is 10.3. The van der Waals surface area contributed by atoms with Gasteiger partial charge >= 0.3 is 6.09 Å². The first kappa shape index (κ1) is 20.2. The quantitative estimate of drug-likeness (QED) is 0.637. The van der Waals surface area contributed by atoms with E-state index in [-0.39, 0.29) is 12.0 Å². The van der Waals surface area contributed by atoms with E-state index in [1.165, 1.54) is 0 Å². The molecule has 1 atom stereocenters. The number of carbonyl (C=O) groups excluding carboxylic acids is 1. The van der Waals surface area contributed by atoms with Crippen LogP contribution in [0.15, 0.2) is 42.6 Å². The van der Waals surface area contributed by atoms with E-state index in [0.717, 1.165) is 47.7 Å². The molecule has 0 radical (unpaired) electrons. The Labute approximate surface area is 176 Å². The topological polar surface area (TPSA) is 69.0 Å². The van der Waals surface area contributed by atoms with Crippen LogP contribution in [-0.4, -0.2) is 51.4 Å². The average Bonchev–Trinajstić information content (AvgIpc) is 3.17. The van der Waals surface area contributed by atoms with E-state index in [1.54, 1.807) is 12.0 Å². The maximum absolute atomic E-state index is 12.6. The lowest BCUT2D eigenvalue weighted by Crippen LogP contribution is -2.42. The first-order valence-corrected chi connectivity index (χ1v) is 10.3. The Bertz CT molecular complexity index is 1040. The van der Waals surface area contributed by atoms with Crippen LogP contribution in [0.25, 0.3) is 16.9 Å². The number of benzene rings is 1. The Morgan fingerprint density at radius 1 is 1.17 bits per heavy atom. The molecule has 2 aromatic heterocycles. The van der Waals surface area contributed by atoms with Crippen LogP contribution in [0.4, 0.5) is 4.79 Å². The van der Waals surface area contributed by atoms with E-state index in [4.69, 9.17) is 14.6 Å². The number of hydrogen-bond donors (Lipinski definition) is 0.